The Morgan fingerprint density at radius 2 is 1.92 bits per heavy atom. The highest BCUT2D eigenvalue weighted by Gasteiger charge is 2.20. The summed E-state index contributed by atoms with van der Waals surface area (Å²) in [6.07, 6.45) is 1.85. The van der Waals surface area contributed by atoms with Crippen LogP contribution >= 0.6 is 27.3 Å². The topological polar surface area (TPSA) is 54.6 Å². The molecule has 1 aliphatic heterocycles. The van der Waals surface area contributed by atoms with Crippen LogP contribution in [0, 0.1) is 0 Å². The lowest BCUT2D eigenvalue weighted by Gasteiger charge is -2.05. The molecule has 4 rings (SSSR count). The van der Waals surface area contributed by atoms with Crippen LogP contribution in [0.2, 0.25) is 0 Å². The first-order valence-electron chi connectivity index (χ1n) is 8.07. The van der Waals surface area contributed by atoms with Crippen molar-refractivity contribution in [1.29, 1.82) is 0 Å². The molecular formula is C20H15BrN2O2S. The number of rotatable bonds is 3. The third-order valence-corrected chi connectivity index (χ3v) is 5.74. The van der Waals surface area contributed by atoms with Crippen molar-refractivity contribution in [2.45, 2.75) is 13.5 Å². The number of hydrogen-bond acceptors (Lipinski definition) is 4. The van der Waals surface area contributed by atoms with Gasteiger partial charge in [-0.25, -0.2) is 0 Å². The number of aromatic nitrogens is 1. The number of aromatic hydroxyl groups is 1. The van der Waals surface area contributed by atoms with E-state index in [1.54, 1.807) is 0 Å². The summed E-state index contributed by atoms with van der Waals surface area (Å²) in [5, 5.41) is 10.6. The number of halogens is 1. The normalized spacial score (nSPS) is 14.5. The Labute approximate surface area is 162 Å². The largest absolute Gasteiger partial charge is 0.493 e. The third-order valence-electron chi connectivity index (χ3n) is 4.30. The molecule has 3 aromatic rings. The summed E-state index contributed by atoms with van der Waals surface area (Å²) in [6.45, 7) is 2.27. The predicted molar refractivity (Wildman–Crippen MR) is 111 cm³/mol. The van der Waals surface area contributed by atoms with Crippen LogP contribution in [0.1, 0.15) is 22.9 Å². The van der Waals surface area contributed by atoms with E-state index in [-0.39, 0.29) is 10.8 Å². The lowest BCUT2D eigenvalue weighted by atomic mass is 10.0. The first kappa shape index (κ1) is 17.0. The van der Waals surface area contributed by atoms with E-state index in [1.165, 1.54) is 4.57 Å². The number of para-hydroxylation sites is 1. The molecule has 0 bridgehead atoms. The molecule has 130 valence electrons. The van der Waals surface area contributed by atoms with E-state index in [9.17, 15) is 9.90 Å². The van der Waals surface area contributed by atoms with E-state index < -0.39 is 0 Å². The fraction of sp³-hybridized carbons (Fsp3) is 0.100. The molecule has 1 aromatic heterocycles. The zero-order valence-electron chi connectivity index (χ0n) is 13.9. The van der Waals surface area contributed by atoms with Gasteiger partial charge < -0.3 is 5.11 Å². The molecule has 2 heterocycles. The Morgan fingerprint density at radius 3 is 2.69 bits per heavy atom. The minimum atomic E-state index is -0.182. The Balaban J connectivity index is 1.72. The number of thiazole rings is 1. The van der Waals surface area contributed by atoms with Crippen LogP contribution in [0.5, 0.6) is 5.88 Å². The Hall–Kier alpha value is -2.44. The van der Waals surface area contributed by atoms with Gasteiger partial charge in [0, 0.05) is 21.3 Å². The maximum Gasteiger partial charge on any atom is 0.310 e. The predicted octanol–water partition coefficient (Wildman–Crippen LogP) is 5.07. The average molecular weight is 427 g/mol. The fourth-order valence-corrected chi connectivity index (χ4v) is 4.06. The molecule has 0 aliphatic carbocycles. The summed E-state index contributed by atoms with van der Waals surface area (Å²) >= 11 is 4.44. The molecule has 0 saturated heterocycles. The summed E-state index contributed by atoms with van der Waals surface area (Å²) in [5.74, 6) is -0.00685. The highest BCUT2D eigenvalue weighted by molar-refractivity contribution is 9.10. The van der Waals surface area contributed by atoms with Crippen LogP contribution in [0.4, 0.5) is 5.69 Å². The van der Waals surface area contributed by atoms with Crippen LogP contribution in [0.25, 0.3) is 11.6 Å². The van der Waals surface area contributed by atoms with Crippen LogP contribution in [-0.4, -0.2) is 15.4 Å². The van der Waals surface area contributed by atoms with Crippen molar-refractivity contribution in [2.24, 2.45) is 4.99 Å². The van der Waals surface area contributed by atoms with Gasteiger partial charge in [-0.3, -0.25) is 14.4 Å². The highest BCUT2D eigenvalue weighted by atomic mass is 79.9. The fourth-order valence-electron chi connectivity index (χ4n) is 2.97. The molecular weight excluding hydrogens is 412 g/mol. The van der Waals surface area contributed by atoms with Crippen molar-refractivity contribution in [3.8, 4) is 5.88 Å². The molecule has 0 unspecified atom stereocenters. The van der Waals surface area contributed by atoms with Crippen molar-refractivity contribution in [3.05, 3.63) is 78.7 Å². The minimum absolute atomic E-state index is 0.00685. The zero-order chi connectivity index (χ0) is 18.3. The molecule has 2 aromatic carbocycles. The van der Waals surface area contributed by atoms with Gasteiger partial charge in [-0.05, 0) is 36.8 Å². The Kier molecular flexibility index (Phi) is 4.38. The van der Waals surface area contributed by atoms with Crippen LogP contribution in [0.3, 0.4) is 0 Å². The van der Waals surface area contributed by atoms with Gasteiger partial charge in [0.1, 0.15) is 0 Å². The maximum atomic E-state index is 12.4. The van der Waals surface area contributed by atoms with E-state index in [0.29, 0.717) is 11.4 Å². The molecule has 0 spiro atoms. The number of nitrogens with zero attached hydrogens (tertiary/aromatic N) is 2. The van der Waals surface area contributed by atoms with Crippen molar-refractivity contribution in [1.82, 2.24) is 4.57 Å². The Bertz CT molecular complexity index is 1110. The van der Waals surface area contributed by atoms with Gasteiger partial charge in [-0.15, -0.1) is 0 Å². The van der Waals surface area contributed by atoms with E-state index >= 15 is 0 Å². The number of fused-ring (bicyclic) bond motifs is 1. The number of benzene rings is 2. The lowest BCUT2D eigenvalue weighted by Crippen LogP contribution is -2.13. The van der Waals surface area contributed by atoms with Crippen molar-refractivity contribution < 1.29 is 5.11 Å². The second-order valence-electron chi connectivity index (χ2n) is 6.04. The van der Waals surface area contributed by atoms with Gasteiger partial charge in [0.25, 0.3) is 0 Å². The SMILES string of the molecule is CC1=Nc2ccccc2/C1=C\c1sc(=O)n(Cc2ccc(Br)cc2)c1O. The minimum Gasteiger partial charge on any atom is -0.493 e. The van der Waals surface area contributed by atoms with Gasteiger partial charge in [-0.2, -0.15) is 0 Å². The van der Waals surface area contributed by atoms with Gasteiger partial charge in [0.05, 0.1) is 17.1 Å². The first-order chi connectivity index (χ1) is 12.5. The number of aliphatic imine (C=N–C) groups is 1. The van der Waals surface area contributed by atoms with Gasteiger partial charge in [0.2, 0.25) is 5.88 Å². The summed E-state index contributed by atoms with van der Waals surface area (Å²) in [4.78, 5) is 17.3. The molecule has 0 radical (unpaired) electrons. The maximum absolute atomic E-state index is 12.4. The molecule has 1 aliphatic rings. The Morgan fingerprint density at radius 1 is 1.19 bits per heavy atom. The molecule has 0 atom stereocenters. The quantitative estimate of drug-likeness (QED) is 0.635. The van der Waals surface area contributed by atoms with Gasteiger partial charge in [-0.1, -0.05) is 57.6 Å². The number of allylic oxidation sites excluding steroid dienone is 1. The molecule has 1 N–H and O–H groups in total. The second-order valence-corrected chi connectivity index (χ2v) is 7.95. The standard InChI is InChI=1S/C20H15BrN2O2S/c1-12-16(15-4-2-3-5-17(15)22-12)10-18-19(24)23(20(25)26-18)11-13-6-8-14(21)9-7-13/h2-10,24H,11H2,1H3/b16-10-. The van der Waals surface area contributed by atoms with E-state index in [1.807, 2.05) is 61.5 Å². The first-order valence-corrected chi connectivity index (χ1v) is 9.67. The molecule has 4 nitrogen and oxygen atoms in total. The van der Waals surface area contributed by atoms with Gasteiger partial charge >= 0.3 is 4.87 Å². The molecule has 0 saturated carbocycles. The average Bonchev–Trinajstić information content (AvgIpc) is 3.08. The molecule has 26 heavy (non-hydrogen) atoms. The van der Waals surface area contributed by atoms with E-state index in [0.717, 1.165) is 43.9 Å². The monoisotopic (exact) mass is 426 g/mol. The lowest BCUT2D eigenvalue weighted by molar-refractivity contribution is 0.420. The summed E-state index contributed by atoms with van der Waals surface area (Å²) in [5.41, 5.74) is 4.70. The molecule has 0 fully saturated rings. The smallest absolute Gasteiger partial charge is 0.310 e. The number of hydrogen-bond donors (Lipinski definition) is 1. The van der Waals surface area contributed by atoms with E-state index in [4.69, 9.17) is 0 Å². The second kappa shape index (κ2) is 6.70. The summed E-state index contributed by atoms with van der Waals surface area (Å²) in [6, 6.07) is 15.6. The van der Waals surface area contributed by atoms with Crippen molar-refractivity contribution >= 4 is 50.3 Å². The molecule has 6 heteroatoms. The van der Waals surface area contributed by atoms with E-state index in [2.05, 4.69) is 20.9 Å². The van der Waals surface area contributed by atoms with Crippen LogP contribution in [-0.2, 0) is 6.54 Å². The van der Waals surface area contributed by atoms with Crippen LogP contribution < -0.4 is 4.87 Å². The van der Waals surface area contributed by atoms with Crippen LogP contribution in [0.15, 0.2) is 62.8 Å². The zero-order valence-corrected chi connectivity index (χ0v) is 16.3. The van der Waals surface area contributed by atoms with Crippen molar-refractivity contribution in [2.75, 3.05) is 0 Å². The highest BCUT2D eigenvalue weighted by Crippen LogP contribution is 2.37. The molecule has 0 amide bonds. The van der Waals surface area contributed by atoms with Crippen molar-refractivity contribution in [3.63, 3.8) is 0 Å². The summed E-state index contributed by atoms with van der Waals surface area (Å²) < 4.78 is 2.37. The third kappa shape index (κ3) is 3.06. The summed E-state index contributed by atoms with van der Waals surface area (Å²) in [7, 11) is 0. The van der Waals surface area contributed by atoms with Gasteiger partial charge in [0.15, 0.2) is 0 Å².